The highest BCUT2D eigenvalue weighted by atomic mass is 79.9. The van der Waals surface area contributed by atoms with E-state index in [-0.39, 0.29) is 22.5 Å². The molecule has 3 heterocycles. The minimum atomic E-state index is -3.83. The van der Waals surface area contributed by atoms with Crippen LogP contribution < -0.4 is 9.46 Å². The summed E-state index contributed by atoms with van der Waals surface area (Å²) < 4.78 is 35.5. The van der Waals surface area contributed by atoms with Gasteiger partial charge in [0.2, 0.25) is 5.82 Å². The number of thiophene rings is 1. The van der Waals surface area contributed by atoms with Gasteiger partial charge in [0.25, 0.3) is 15.9 Å². The van der Waals surface area contributed by atoms with Crippen molar-refractivity contribution < 1.29 is 13.2 Å². The topological polar surface area (TPSA) is 99.0 Å². The van der Waals surface area contributed by atoms with Gasteiger partial charge < -0.3 is 9.30 Å². The maximum atomic E-state index is 12.4. The van der Waals surface area contributed by atoms with Crippen LogP contribution in [0.25, 0.3) is 0 Å². The molecule has 1 N–H and O–H groups in total. The van der Waals surface area contributed by atoms with E-state index in [4.69, 9.17) is 16.3 Å². The van der Waals surface area contributed by atoms with Gasteiger partial charge in [-0.25, -0.2) is 23.4 Å². The fourth-order valence-corrected chi connectivity index (χ4v) is 4.56. The zero-order chi connectivity index (χ0) is 17.9. The normalized spacial score (nSPS) is 11.4. The van der Waals surface area contributed by atoms with Gasteiger partial charge in [-0.1, -0.05) is 11.6 Å². The quantitative estimate of drug-likeness (QED) is 0.577. The van der Waals surface area contributed by atoms with Gasteiger partial charge >= 0.3 is 0 Å². The summed E-state index contributed by atoms with van der Waals surface area (Å²) in [5.74, 6) is 0.0686. The Morgan fingerprint density at radius 3 is 2.92 bits per heavy atom. The van der Waals surface area contributed by atoms with Crippen LogP contribution in [0, 0.1) is 0 Å². The van der Waals surface area contributed by atoms with Crippen molar-refractivity contribution in [2.75, 3.05) is 11.3 Å². The van der Waals surface area contributed by atoms with Crippen LogP contribution in [0.3, 0.4) is 0 Å². The molecule has 0 atom stereocenters. The largest absolute Gasteiger partial charge is 0.473 e. The molecular weight excluding hydrogens is 454 g/mol. The summed E-state index contributed by atoms with van der Waals surface area (Å²) in [6.07, 6.45) is 6.48. The fourth-order valence-electron chi connectivity index (χ4n) is 1.81. The molecule has 0 aromatic carbocycles. The second-order valence-corrected chi connectivity index (χ2v) is 9.10. The number of sulfonamides is 1. The Balaban J connectivity index is 1.76. The number of halogens is 2. The van der Waals surface area contributed by atoms with Crippen LogP contribution in [0.5, 0.6) is 5.88 Å². The van der Waals surface area contributed by atoms with E-state index in [1.165, 1.54) is 18.3 Å². The standard InChI is InChI=1S/C13H11BrClN5O3S2/c14-9-7-17-12(19-25(21,22)11-2-1-10(15)24-11)13(18-9)23-6-5-20-4-3-16-8-20/h1-4,7-8H,5-6H2,(H,17,19). The first-order valence-electron chi connectivity index (χ1n) is 6.83. The first kappa shape index (κ1) is 18.1. The third-order valence-corrected chi connectivity index (χ3v) is 6.35. The number of rotatable bonds is 7. The van der Waals surface area contributed by atoms with E-state index in [2.05, 4.69) is 35.6 Å². The van der Waals surface area contributed by atoms with E-state index >= 15 is 0 Å². The predicted molar refractivity (Wildman–Crippen MR) is 97.6 cm³/mol. The SMILES string of the molecule is O=S(=O)(Nc1ncc(Br)nc1OCCn1ccnc1)c1ccc(Cl)s1. The molecule has 0 fully saturated rings. The van der Waals surface area contributed by atoms with Gasteiger partial charge in [-0.05, 0) is 28.1 Å². The van der Waals surface area contributed by atoms with Crippen molar-refractivity contribution in [2.45, 2.75) is 10.8 Å². The maximum absolute atomic E-state index is 12.4. The van der Waals surface area contributed by atoms with Crippen molar-refractivity contribution >= 4 is 54.7 Å². The predicted octanol–water partition coefficient (Wildman–Crippen LogP) is 3.03. The number of nitrogens with one attached hydrogen (secondary N) is 1. The molecule has 0 radical (unpaired) electrons. The van der Waals surface area contributed by atoms with Crippen molar-refractivity contribution in [1.82, 2.24) is 19.5 Å². The summed E-state index contributed by atoms with van der Waals surface area (Å²) >= 11 is 9.94. The zero-order valence-corrected chi connectivity index (χ0v) is 16.4. The monoisotopic (exact) mass is 463 g/mol. The van der Waals surface area contributed by atoms with Crippen LogP contribution in [-0.2, 0) is 16.6 Å². The third kappa shape index (κ3) is 4.69. The van der Waals surface area contributed by atoms with Gasteiger partial charge in [-0.3, -0.25) is 4.72 Å². The molecule has 0 aliphatic rings. The average Bonchev–Trinajstić information content (AvgIpc) is 3.21. The molecule has 8 nitrogen and oxygen atoms in total. The molecule has 0 spiro atoms. The van der Waals surface area contributed by atoms with E-state index in [1.807, 2.05) is 4.57 Å². The first-order valence-corrected chi connectivity index (χ1v) is 10.3. The summed E-state index contributed by atoms with van der Waals surface area (Å²) in [5.41, 5.74) is 0. The summed E-state index contributed by atoms with van der Waals surface area (Å²) in [4.78, 5) is 12.1. The second kappa shape index (κ2) is 7.68. The molecule has 0 amide bonds. The smallest absolute Gasteiger partial charge is 0.272 e. The minimum absolute atomic E-state index is 0.00152. The molecule has 132 valence electrons. The van der Waals surface area contributed by atoms with Gasteiger partial charge in [0.1, 0.15) is 15.4 Å². The molecule has 0 unspecified atom stereocenters. The van der Waals surface area contributed by atoms with Crippen molar-refractivity contribution in [1.29, 1.82) is 0 Å². The van der Waals surface area contributed by atoms with Crippen LogP contribution in [0.1, 0.15) is 0 Å². The molecule has 25 heavy (non-hydrogen) atoms. The maximum Gasteiger partial charge on any atom is 0.272 e. The molecule has 12 heteroatoms. The fraction of sp³-hybridized carbons (Fsp3) is 0.154. The number of anilines is 1. The number of ether oxygens (including phenoxy) is 1. The molecule has 0 aliphatic carbocycles. The van der Waals surface area contributed by atoms with Crippen LogP contribution in [-0.4, -0.2) is 34.5 Å². The van der Waals surface area contributed by atoms with Gasteiger partial charge in [-0.15, -0.1) is 11.3 Å². The summed E-state index contributed by atoms with van der Waals surface area (Å²) in [6, 6.07) is 2.93. The van der Waals surface area contributed by atoms with Crippen molar-refractivity contribution in [3.8, 4) is 5.88 Å². The van der Waals surface area contributed by atoms with Gasteiger partial charge in [-0.2, -0.15) is 0 Å². The van der Waals surface area contributed by atoms with Crippen LogP contribution >= 0.6 is 38.9 Å². The molecule has 0 saturated heterocycles. The highest BCUT2D eigenvalue weighted by Crippen LogP contribution is 2.29. The number of hydrogen-bond acceptors (Lipinski definition) is 7. The van der Waals surface area contributed by atoms with Crippen molar-refractivity contribution in [2.24, 2.45) is 0 Å². The van der Waals surface area contributed by atoms with Crippen LogP contribution in [0.15, 0.2) is 45.9 Å². The van der Waals surface area contributed by atoms with Crippen molar-refractivity contribution in [3.05, 3.63) is 46.0 Å². The lowest BCUT2D eigenvalue weighted by Crippen LogP contribution is -2.15. The van der Waals surface area contributed by atoms with E-state index in [0.29, 0.717) is 15.5 Å². The van der Waals surface area contributed by atoms with E-state index in [1.54, 1.807) is 18.7 Å². The molecular formula is C13H11BrClN5O3S2. The van der Waals surface area contributed by atoms with E-state index in [9.17, 15) is 8.42 Å². The van der Waals surface area contributed by atoms with Crippen molar-refractivity contribution in [3.63, 3.8) is 0 Å². The molecule has 3 aromatic rings. The Hall–Kier alpha value is -1.69. The Labute approximate surface area is 161 Å². The second-order valence-electron chi connectivity index (χ2n) is 4.66. The van der Waals surface area contributed by atoms with Gasteiger partial charge in [0, 0.05) is 12.4 Å². The molecule has 0 saturated carbocycles. The lowest BCUT2D eigenvalue weighted by atomic mass is 10.6. The van der Waals surface area contributed by atoms with Crippen LogP contribution in [0.4, 0.5) is 5.82 Å². The number of nitrogens with zero attached hydrogens (tertiary/aromatic N) is 4. The number of hydrogen-bond donors (Lipinski definition) is 1. The Morgan fingerprint density at radius 1 is 1.40 bits per heavy atom. The number of aromatic nitrogens is 4. The minimum Gasteiger partial charge on any atom is -0.473 e. The molecule has 3 rings (SSSR count). The number of imidazole rings is 1. The van der Waals surface area contributed by atoms with Gasteiger partial charge in [0.15, 0.2) is 0 Å². The molecule has 3 aromatic heterocycles. The highest BCUT2D eigenvalue weighted by Gasteiger charge is 2.20. The summed E-state index contributed by atoms with van der Waals surface area (Å²) in [7, 11) is -3.83. The average molecular weight is 465 g/mol. The van der Waals surface area contributed by atoms with E-state index in [0.717, 1.165) is 11.3 Å². The third-order valence-electron chi connectivity index (χ3n) is 2.90. The highest BCUT2D eigenvalue weighted by molar-refractivity contribution is 9.10. The van der Waals surface area contributed by atoms with Crippen LogP contribution in [0.2, 0.25) is 4.34 Å². The molecule has 0 bridgehead atoms. The van der Waals surface area contributed by atoms with E-state index < -0.39 is 10.0 Å². The Bertz CT molecular complexity index is 962. The summed E-state index contributed by atoms with van der Waals surface area (Å²) in [6.45, 7) is 0.794. The first-order chi connectivity index (χ1) is 11.9. The lowest BCUT2D eigenvalue weighted by Gasteiger charge is -2.11. The van der Waals surface area contributed by atoms with Gasteiger partial charge in [0.05, 0.1) is 23.4 Å². The Kier molecular flexibility index (Phi) is 5.57. The molecule has 0 aliphatic heterocycles. The lowest BCUT2D eigenvalue weighted by molar-refractivity contribution is 0.287. The zero-order valence-electron chi connectivity index (χ0n) is 12.5. The Morgan fingerprint density at radius 2 is 2.24 bits per heavy atom. The summed E-state index contributed by atoms with van der Waals surface area (Å²) in [5, 5.41) is 0.